The fraction of sp³-hybridized carbons (Fsp3) is 0.294. The van der Waals surface area contributed by atoms with Gasteiger partial charge in [0.1, 0.15) is 6.29 Å². The Balaban J connectivity index is 2.28. The Morgan fingerprint density at radius 1 is 1.24 bits per heavy atom. The number of hydrogen-bond donors (Lipinski definition) is 0. The average Bonchev–Trinajstić information content (AvgIpc) is 2.54. The van der Waals surface area contributed by atoms with Gasteiger partial charge in [0.15, 0.2) is 11.5 Å². The first-order valence-corrected chi connectivity index (χ1v) is 6.88. The van der Waals surface area contributed by atoms with Crippen LogP contribution in [0.3, 0.4) is 0 Å². The summed E-state index contributed by atoms with van der Waals surface area (Å²) in [5.41, 5.74) is 0.104. The molecule has 0 heterocycles. The van der Waals surface area contributed by atoms with Gasteiger partial charge in [-0.05, 0) is 36.4 Å². The zero-order valence-corrected chi connectivity index (χ0v) is 12.2. The lowest BCUT2D eigenvalue weighted by atomic mass is 10.0. The van der Waals surface area contributed by atoms with Crippen LogP contribution in [-0.4, -0.2) is 31.4 Å². The second kappa shape index (κ2) is 6.50. The van der Waals surface area contributed by atoms with Crippen LogP contribution in [0.15, 0.2) is 54.6 Å². The molecular formula is C17H19NO3. The van der Waals surface area contributed by atoms with Crippen LogP contribution in [0.1, 0.15) is 6.92 Å². The van der Waals surface area contributed by atoms with E-state index in [0.29, 0.717) is 0 Å². The van der Waals surface area contributed by atoms with Gasteiger partial charge in [0.25, 0.3) is 0 Å². The number of carbonyl (C=O) groups is 2. The number of hydrogen-bond acceptors (Lipinski definition) is 4. The molecule has 1 aliphatic carbocycles. The molecule has 0 radical (unpaired) electrons. The molecule has 0 saturated carbocycles. The second-order valence-electron chi connectivity index (χ2n) is 5.14. The fourth-order valence-corrected chi connectivity index (χ4v) is 2.09. The first kappa shape index (κ1) is 15.2. The number of anilines is 1. The van der Waals surface area contributed by atoms with Crippen molar-refractivity contribution in [3.63, 3.8) is 0 Å². The van der Waals surface area contributed by atoms with E-state index in [4.69, 9.17) is 4.74 Å². The van der Waals surface area contributed by atoms with E-state index < -0.39 is 5.72 Å². The second-order valence-corrected chi connectivity index (χ2v) is 5.14. The van der Waals surface area contributed by atoms with Gasteiger partial charge in [-0.2, -0.15) is 0 Å². The van der Waals surface area contributed by atoms with Gasteiger partial charge in [-0.15, -0.1) is 0 Å². The van der Waals surface area contributed by atoms with E-state index in [1.165, 1.54) is 12.2 Å². The predicted molar refractivity (Wildman–Crippen MR) is 82.0 cm³/mol. The maximum atomic E-state index is 11.4. The molecule has 0 N–H and O–H groups in total. The molecule has 4 heteroatoms. The predicted octanol–water partition coefficient (Wildman–Crippen LogP) is 2.37. The molecule has 0 saturated heterocycles. The van der Waals surface area contributed by atoms with E-state index in [1.54, 1.807) is 19.1 Å². The normalized spacial score (nSPS) is 17.5. The van der Waals surface area contributed by atoms with E-state index in [1.807, 2.05) is 42.3 Å². The monoisotopic (exact) mass is 285 g/mol. The van der Waals surface area contributed by atoms with E-state index in [0.717, 1.165) is 12.0 Å². The van der Waals surface area contributed by atoms with Gasteiger partial charge in [-0.1, -0.05) is 25.1 Å². The van der Waals surface area contributed by atoms with Gasteiger partial charge in [0.05, 0.1) is 6.61 Å². The van der Waals surface area contributed by atoms with Crippen LogP contribution in [0.25, 0.3) is 0 Å². The van der Waals surface area contributed by atoms with Crippen LogP contribution >= 0.6 is 0 Å². The van der Waals surface area contributed by atoms with Crippen LogP contribution in [-0.2, 0) is 14.3 Å². The van der Waals surface area contributed by atoms with E-state index in [-0.39, 0.29) is 18.3 Å². The van der Waals surface area contributed by atoms with Gasteiger partial charge < -0.3 is 14.4 Å². The molecule has 2 rings (SSSR count). The van der Waals surface area contributed by atoms with E-state index in [2.05, 4.69) is 0 Å². The van der Waals surface area contributed by atoms with Crippen LogP contribution in [0.4, 0.5) is 5.69 Å². The number of likely N-dealkylation sites (N-methyl/N-ethyl adjacent to an activating group) is 1. The topological polar surface area (TPSA) is 46.6 Å². The number of carbonyl (C=O) groups excluding carboxylic acids is 2. The molecule has 4 nitrogen and oxygen atoms in total. The van der Waals surface area contributed by atoms with Gasteiger partial charge in [0, 0.05) is 18.7 Å². The third-order valence-corrected chi connectivity index (χ3v) is 3.45. The van der Waals surface area contributed by atoms with Crippen molar-refractivity contribution >= 4 is 17.8 Å². The summed E-state index contributed by atoms with van der Waals surface area (Å²) in [6.45, 7) is 2.08. The molecule has 1 unspecified atom stereocenters. The number of benzene rings is 1. The molecule has 21 heavy (non-hydrogen) atoms. The summed E-state index contributed by atoms with van der Waals surface area (Å²) in [7, 11) is 1.89. The Morgan fingerprint density at radius 2 is 1.86 bits per heavy atom. The number of ether oxygens (including phenoxy) is 1. The largest absolute Gasteiger partial charge is 0.348 e. The Labute approximate surface area is 124 Å². The molecule has 1 aromatic carbocycles. The Bertz CT molecular complexity index is 547. The summed E-state index contributed by atoms with van der Waals surface area (Å²) in [6, 6.07) is 9.75. The van der Waals surface area contributed by atoms with Crippen molar-refractivity contribution in [2.45, 2.75) is 12.6 Å². The lowest BCUT2D eigenvalue weighted by Crippen LogP contribution is -2.48. The first-order chi connectivity index (χ1) is 10.1. The van der Waals surface area contributed by atoms with Crippen LogP contribution in [0.2, 0.25) is 0 Å². The van der Waals surface area contributed by atoms with Crippen LogP contribution in [0, 0.1) is 5.92 Å². The molecule has 110 valence electrons. The molecule has 0 aromatic heterocycles. The molecule has 1 aromatic rings. The summed E-state index contributed by atoms with van der Waals surface area (Å²) in [5.74, 6) is -0.274. The van der Waals surface area contributed by atoms with Gasteiger partial charge >= 0.3 is 0 Å². The van der Waals surface area contributed by atoms with E-state index >= 15 is 0 Å². The number of ketones is 1. The molecular weight excluding hydrogens is 266 g/mol. The van der Waals surface area contributed by atoms with Crippen molar-refractivity contribution in [2.75, 3.05) is 18.6 Å². The molecule has 0 bridgehead atoms. The van der Waals surface area contributed by atoms with Gasteiger partial charge in [0.2, 0.25) is 0 Å². The standard InChI is InChI=1S/C17H19NO3/c1-14(12-19)13-21-17(10-8-16(20)9-11-17)18(2)15-6-4-3-5-7-15/h3-12,14H,13H2,1-2H3. The molecule has 1 atom stereocenters. The fourth-order valence-electron chi connectivity index (χ4n) is 2.09. The molecule has 0 amide bonds. The summed E-state index contributed by atoms with van der Waals surface area (Å²) in [5, 5.41) is 0. The SMILES string of the molecule is CC(C=O)COC1(N(C)c2ccccc2)C=CC(=O)C=C1. The smallest absolute Gasteiger partial charge is 0.180 e. The maximum absolute atomic E-state index is 11.4. The summed E-state index contributed by atoms with van der Waals surface area (Å²) < 4.78 is 5.96. The van der Waals surface area contributed by atoms with Crippen molar-refractivity contribution in [3.05, 3.63) is 54.6 Å². The summed E-state index contributed by atoms with van der Waals surface area (Å²) in [6.07, 6.45) is 7.29. The third-order valence-electron chi connectivity index (χ3n) is 3.45. The zero-order chi connectivity index (χ0) is 15.3. The Morgan fingerprint density at radius 3 is 2.43 bits per heavy atom. The molecule has 0 spiro atoms. The summed E-state index contributed by atoms with van der Waals surface area (Å²) in [4.78, 5) is 24.1. The maximum Gasteiger partial charge on any atom is 0.180 e. The van der Waals surface area contributed by atoms with Crippen molar-refractivity contribution in [3.8, 4) is 0 Å². The van der Waals surface area contributed by atoms with Crippen molar-refractivity contribution in [1.82, 2.24) is 0 Å². The van der Waals surface area contributed by atoms with E-state index in [9.17, 15) is 9.59 Å². The lowest BCUT2D eigenvalue weighted by Gasteiger charge is -2.40. The molecule has 0 fully saturated rings. The first-order valence-electron chi connectivity index (χ1n) is 6.88. The quantitative estimate of drug-likeness (QED) is 0.594. The number of aldehydes is 1. The Hall–Kier alpha value is -2.20. The highest BCUT2D eigenvalue weighted by Gasteiger charge is 2.33. The minimum absolute atomic E-state index is 0.0703. The number of allylic oxidation sites excluding steroid dienone is 2. The van der Waals surface area contributed by atoms with Gasteiger partial charge in [-0.25, -0.2) is 0 Å². The van der Waals surface area contributed by atoms with Crippen molar-refractivity contribution < 1.29 is 14.3 Å². The number of para-hydroxylation sites is 1. The Kier molecular flexibility index (Phi) is 4.70. The number of rotatable bonds is 6. The van der Waals surface area contributed by atoms with Crippen LogP contribution < -0.4 is 4.90 Å². The van der Waals surface area contributed by atoms with Crippen molar-refractivity contribution in [2.24, 2.45) is 5.92 Å². The number of nitrogens with zero attached hydrogens (tertiary/aromatic N) is 1. The molecule has 1 aliphatic rings. The average molecular weight is 285 g/mol. The third kappa shape index (κ3) is 3.47. The highest BCUT2D eigenvalue weighted by Crippen LogP contribution is 2.28. The zero-order valence-electron chi connectivity index (χ0n) is 12.2. The summed E-state index contributed by atoms with van der Waals surface area (Å²) >= 11 is 0. The molecule has 0 aliphatic heterocycles. The highest BCUT2D eigenvalue weighted by atomic mass is 16.5. The van der Waals surface area contributed by atoms with Crippen LogP contribution in [0.5, 0.6) is 0 Å². The van der Waals surface area contributed by atoms with Gasteiger partial charge in [-0.3, -0.25) is 4.79 Å². The van der Waals surface area contributed by atoms with Crippen molar-refractivity contribution in [1.29, 1.82) is 0 Å². The lowest BCUT2D eigenvalue weighted by molar-refractivity contribution is -0.114. The minimum atomic E-state index is -0.855. The minimum Gasteiger partial charge on any atom is -0.348 e. The highest BCUT2D eigenvalue weighted by molar-refractivity contribution is 6.00.